The number of aromatic nitrogens is 2. The largest absolute Gasteiger partial charge is 0.351 e. The summed E-state index contributed by atoms with van der Waals surface area (Å²) < 4.78 is 0. The predicted molar refractivity (Wildman–Crippen MR) is 72.4 cm³/mol. The van der Waals surface area contributed by atoms with Crippen LogP contribution in [0.3, 0.4) is 0 Å². The highest BCUT2D eigenvalue weighted by Crippen LogP contribution is 2.16. The second kappa shape index (κ2) is 6.19. The van der Waals surface area contributed by atoms with Crippen molar-refractivity contribution in [3.05, 3.63) is 46.2 Å². The normalized spacial score (nSPS) is 10.2. The summed E-state index contributed by atoms with van der Waals surface area (Å²) in [7, 11) is 0. The summed E-state index contributed by atoms with van der Waals surface area (Å²) in [5.74, 6) is -0.190. The number of ketones is 1. The second-order valence-electron chi connectivity index (χ2n) is 3.92. The van der Waals surface area contributed by atoms with Crippen LogP contribution in [-0.2, 0) is 6.42 Å². The third-order valence-electron chi connectivity index (χ3n) is 2.46. The molecule has 0 bridgehead atoms. The van der Waals surface area contributed by atoms with Crippen LogP contribution in [0.1, 0.15) is 32.0 Å². The Balaban J connectivity index is 1.85. The molecule has 0 saturated heterocycles. The predicted octanol–water partition coefficient (Wildman–Crippen LogP) is 1.71. The van der Waals surface area contributed by atoms with E-state index < -0.39 is 0 Å². The molecule has 19 heavy (non-hydrogen) atoms. The molecule has 0 spiro atoms. The first-order valence-corrected chi connectivity index (χ1v) is 6.62. The summed E-state index contributed by atoms with van der Waals surface area (Å²) in [6.07, 6.45) is 5.53. The van der Waals surface area contributed by atoms with Gasteiger partial charge in [-0.15, -0.1) is 11.3 Å². The van der Waals surface area contributed by atoms with Crippen molar-refractivity contribution >= 4 is 23.0 Å². The molecule has 0 saturated carbocycles. The van der Waals surface area contributed by atoms with Crippen molar-refractivity contribution in [3.63, 3.8) is 0 Å². The molecule has 0 aliphatic rings. The molecule has 0 aliphatic carbocycles. The zero-order valence-corrected chi connectivity index (χ0v) is 11.2. The minimum atomic E-state index is -0.165. The van der Waals surface area contributed by atoms with Crippen LogP contribution < -0.4 is 5.32 Å². The Morgan fingerprint density at radius 2 is 2.05 bits per heavy atom. The lowest BCUT2D eigenvalue weighted by atomic mass is 10.3. The number of nitrogens with one attached hydrogen (secondary N) is 1. The lowest BCUT2D eigenvalue weighted by Crippen LogP contribution is -2.25. The van der Waals surface area contributed by atoms with Crippen molar-refractivity contribution in [1.82, 2.24) is 15.3 Å². The quantitative estimate of drug-likeness (QED) is 0.843. The first-order valence-electron chi connectivity index (χ1n) is 5.80. The van der Waals surface area contributed by atoms with Gasteiger partial charge < -0.3 is 5.32 Å². The molecule has 2 heterocycles. The topological polar surface area (TPSA) is 72.0 Å². The van der Waals surface area contributed by atoms with E-state index in [1.165, 1.54) is 18.3 Å². The van der Waals surface area contributed by atoms with Gasteiger partial charge in [0, 0.05) is 31.6 Å². The highest BCUT2D eigenvalue weighted by Gasteiger charge is 2.10. The van der Waals surface area contributed by atoms with Crippen LogP contribution in [0.5, 0.6) is 0 Å². The molecule has 0 atom stereocenters. The number of rotatable bonds is 5. The van der Waals surface area contributed by atoms with E-state index in [1.54, 1.807) is 30.7 Å². The number of hydrogen-bond donors (Lipinski definition) is 1. The number of Topliss-reactive ketones (excluding diaryl/α,β-unsaturated/α-hetero) is 1. The van der Waals surface area contributed by atoms with E-state index in [4.69, 9.17) is 0 Å². The lowest BCUT2D eigenvalue weighted by Gasteiger charge is -2.02. The Bertz CT molecular complexity index is 581. The van der Waals surface area contributed by atoms with Crippen molar-refractivity contribution in [2.45, 2.75) is 13.3 Å². The molecule has 0 fully saturated rings. The zero-order chi connectivity index (χ0) is 13.7. The molecule has 0 aromatic carbocycles. The maximum Gasteiger partial charge on any atom is 0.261 e. The Labute approximate surface area is 114 Å². The molecule has 98 valence electrons. The van der Waals surface area contributed by atoms with Gasteiger partial charge in [-0.1, -0.05) is 0 Å². The fraction of sp³-hybridized carbons (Fsp3) is 0.231. The number of thiophene rings is 1. The SMILES string of the molecule is CC(=O)c1ccc(C(=O)NCCc2cnccn2)s1. The maximum atomic E-state index is 11.8. The van der Waals surface area contributed by atoms with Crippen LogP contribution in [0.4, 0.5) is 0 Å². The summed E-state index contributed by atoms with van der Waals surface area (Å²) in [6.45, 7) is 1.98. The Hall–Kier alpha value is -2.08. The fourth-order valence-corrected chi connectivity index (χ4v) is 2.32. The average Bonchev–Trinajstić information content (AvgIpc) is 2.89. The molecule has 0 aliphatic heterocycles. The van der Waals surface area contributed by atoms with E-state index in [1.807, 2.05) is 0 Å². The molecule has 6 heteroatoms. The van der Waals surface area contributed by atoms with Crippen LogP contribution in [0.15, 0.2) is 30.7 Å². The van der Waals surface area contributed by atoms with Crippen molar-refractivity contribution in [2.75, 3.05) is 6.54 Å². The molecule has 2 aromatic heterocycles. The minimum absolute atomic E-state index is 0.0244. The summed E-state index contributed by atoms with van der Waals surface area (Å²) in [5.41, 5.74) is 0.832. The van der Waals surface area contributed by atoms with Gasteiger partial charge in [0.2, 0.25) is 0 Å². The molecular weight excluding hydrogens is 262 g/mol. The number of amides is 1. The van der Waals surface area contributed by atoms with Gasteiger partial charge in [0.15, 0.2) is 5.78 Å². The van der Waals surface area contributed by atoms with Crippen molar-refractivity contribution in [2.24, 2.45) is 0 Å². The molecule has 1 N–H and O–H groups in total. The molecule has 1 amide bonds. The molecular formula is C13H13N3O2S. The van der Waals surface area contributed by atoms with Gasteiger partial charge >= 0.3 is 0 Å². The van der Waals surface area contributed by atoms with E-state index in [0.717, 1.165) is 5.69 Å². The third-order valence-corrected chi connectivity index (χ3v) is 3.64. The van der Waals surface area contributed by atoms with Crippen molar-refractivity contribution in [1.29, 1.82) is 0 Å². The van der Waals surface area contributed by atoms with Crippen molar-refractivity contribution < 1.29 is 9.59 Å². The third kappa shape index (κ3) is 3.69. The van der Waals surface area contributed by atoms with Gasteiger partial charge in [-0.3, -0.25) is 19.6 Å². The van der Waals surface area contributed by atoms with Crippen LogP contribution in [0.25, 0.3) is 0 Å². The van der Waals surface area contributed by atoms with Gasteiger partial charge in [-0.25, -0.2) is 0 Å². The monoisotopic (exact) mass is 275 g/mol. The fourth-order valence-electron chi connectivity index (χ4n) is 1.50. The standard InChI is InChI=1S/C13H13N3O2S/c1-9(17)11-2-3-12(19-11)13(18)16-5-4-10-8-14-6-7-15-10/h2-3,6-8H,4-5H2,1H3,(H,16,18). The van der Waals surface area contributed by atoms with Crippen LogP contribution in [0, 0.1) is 0 Å². The zero-order valence-electron chi connectivity index (χ0n) is 10.4. The molecule has 0 unspecified atom stereocenters. The van der Waals surface area contributed by atoms with Crippen LogP contribution in [0.2, 0.25) is 0 Å². The number of carbonyl (C=O) groups excluding carboxylic acids is 2. The summed E-state index contributed by atoms with van der Waals surface area (Å²) >= 11 is 1.21. The van der Waals surface area contributed by atoms with Gasteiger partial charge in [0.25, 0.3) is 5.91 Å². The van der Waals surface area contributed by atoms with Crippen molar-refractivity contribution in [3.8, 4) is 0 Å². The number of nitrogens with zero attached hydrogens (tertiary/aromatic N) is 2. The first-order chi connectivity index (χ1) is 9.16. The molecule has 5 nitrogen and oxygen atoms in total. The number of carbonyl (C=O) groups is 2. The minimum Gasteiger partial charge on any atom is -0.351 e. The Morgan fingerprint density at radius 3 is 2.68 bits per heavy atom. The Morgan fingerprint density at radius 1 is 1.26 bits per heavy atom. The van der Waals surface area contributed by atoms with Crippen LogP contribution >= 0.6 is 11.3 Å². The molecule has 0 radical (unpaired) electrons. The molecule has 2 rings (SSSR count). The lowest BCUT2D eigenvalue weighted by molar-refractivity contribution is 0.0957. The van der Waals surface area contributed by atoms with Crippen LogP contribution in [-0.4, -0.2) is 28.2 Å². The van der Waals surface area contributed by atoms with Gasteiger partial charge in [0.1, 0.15) is 0 Å². The summed E-state index contributed by atoms with van der Waals surface area (Å²) in [6, 6.07) is 3.34. The van der Waals surface area contributed by atoms with Gasteiger partial charge in [-0.2, -0.15) is 0 Å². The van der Waals surface area contributed by atoms with E-state index in [2.05, 4.69) is 15.3 Å². The van der Waals surface area contributed by atoms with Gasteiger partial charge in [-0.05, 0) is 19.1 Å². The summed E-state index contributed by atoms with van der Waals surface area (Å²) in [4.78, 5) is 32.2. The van der Waals surface area contributed by atoms with E-state index in [0.29, 0.717) is 22.7 Å². The number of hydrogen-bond acceptors (Lipinski definition) is 5. The maximum absolute atomic E-state index is 11.8. The molecule has 2 aromatic rings. The second-order valence-corrected chi connectivity index (χ2v) is 5.01. The van der Waals surface area contributed by atoms with E-state index in [9.17, 15) is 9.59 Å². The average molecular weight is 275 g/mol. The summed E-state index contributed by atoms with van der Waals surface area (Å²) in [5, 5.41) is 2.79. The van der Waals surface area contributed by atoms with E-state index in [-0.39, 0.29) is 11.7 Å². The first kappa shape index (κ1) is 13.4. The highest BCUT2D eigenvalue weighted by molar-refractivity contribution is 7.15. The Kier molecular flexibility index (Phi) is 4.35. The van der Waals surface area contributed by atoms with E-state index >= 15 is 0 Å². The van der Waals surface area contributed by atoms with Gasteiger partial charge in [0.05, 0.1) is 15.4 Å². The highest BCUT2D eigenvalue weighted by atomic mass is 32.1. The smallest absolute Gasteiger partial charge is 0.261 e.